The van der Waals surface area contributed by atoms with Crippen molar-refractivity contribution in [3.8, 4) is 11.5 Å². The molecule has 0 atom stereocenters. The summed E-state index contributed by atoms with van der Waals surface area (Å²) in [5.41, 5.74) is -0.284. The average molecular weight is 323 g/mol. The van der Waals surface area contributed by atoms with E-state index >= 15 is 0 Å². The number of nitrogens with one attached hydrogen (secondary N) is 1. The summed E-state index contributed by atoms with van der Waals surface area (Å²) < 4.78 is 31.9. The third-order valence-corrected chi connectivity index (χ3v) is 4.26. The predicted octanol–water partition coefficient (Wildman–Crippen LogP) is 1.90. The van der Waals surface area contributed by atoms with Gasteiger partial charge in [0.15, 0.2) is 0 Å². The largest absolute Gasteiger partial charge is 0.507 e. The smallest absolute Gasteiger partial charge is 0.339 e. The van der Waals surface area contributed by atoms with Crippen molar-refractivity contribution in [1.82, 2.24) is 0 Å². The summed E-state index contributed by atoms with van der Waals surface area (Å²) in [6.07, 6.45) is 0. The number of aromatic carboxylic acids is 1. The number of hydrogen-bond acceptors (Lipinski definition) is 5. The van der Waals surface area contributed by atoms with Gasteiger partial charge in [-0.05, 0) is 24.3 Å². The van der Waals surface area contributed by atoms with Crippen molar-refractivity contribution < 1.29 is 28.2 Å². The van der Waals surface area contributed by atoms with Crippen LogP contribution in [0.2, 0.25) is 0 Å². The van der Waals surface area contributed by atoms with Crippen molar-refractivity contribution in [2.24, 2.45) is 0 Å². The van der Waals surface area contributed by atoms with Crippen LogP contribution >= 0.6 is 0 Å². The summed E-state index contributed by atoms with van der Waals surface area (Å²) in [5.74, 6) is -1.68. The number of rotatable bonds is 5. The summed E-state index contributed by atoms with van der Waals surface area (Å²) in [5, 5.41) is 18.4. The maximum absolute atomic E-state index is 12.3. The van der Waals surface area contributed by atoms with E-state index in [9.17, 15) is 18.3 Å². The highest BCUT2D eigenvalue weighted by atomic mass is 32.2. The molecule has 0 aliphatic heterocycles. The monoisotopic (exact) mass is 323 g/mol. The highest BCUT2D eigenvalue weighted by Gasteiger charge is 2.20. The molecule has 3 N–H and O–H groups in total. The second-order valence-electron chi connectivity index (χ2n) is 4.29. The lowest BCUT2D eigenvalue weighted by Crippen LogP contribution is -2.14. The number of carboxylic acids is 1. The molecule has 0 radical (unpaired) electrons. The van der Waals surface area contributed by atoms with Crippen molar-refractivity contribution >= 4 is 21.7 Å². The number of aromatic hydroxyl groups is 1. The minimum Gasteiger partial charge on any atom is -0.507 e. The Kier molecular flexibility index (Phi) is 4.22. The van der Waals surface area contributed by atoms with E-state index in [0.717, 1.165) is 12.1 Å². The van der Waals surface area contributed by atoms with Crippen LogP contribution in [0.3, 0.4) is 0 Å². The molecule has 0 spiro atoms. The quantitative estimate of drug-likeness (QED) is 0.774. The van der Waals surface area contributed by atoms with Crippen LogP contribution in [-0.4, -0.2) is 31.7 Å². The number of carboxylic acid groups (broad SMARTS) is 1. The maximum Gasteiger partial charge on any atom is 0.339 e. The topological polar surface area (TPSA) is 113 Å². The molecule has 0 aliphatic rings. The van der Waals surface area contributed by atoms with E-state index in [1.165, 1.54) is 25.3 Å². The molecular formula is C14H13NO6S. The SMILES string of the molecule is COc1ccccc1S(=O)(=O)Nc1ccc(C(=O)O)c(O)c1. The van der Waals surface area contributed by atoms with Gasteiger partial charge < -0.3 is 14.9 Å². The van der Waals surface area contributed by atoms with Gasteiger partial charge in [0.05, 0.1) is 12.8 Å². The van der Waals surface area contributed by atoms with E-state index in [4.69, 9.17) is 9.84 Å². The minimum absolute atomic E-state index is 0.0356. The summed E-state index contributed by atoms with van der Waals surface area (Å²) >= 11 is 0. The Balaban J connectivity index is 2.37. The number of sulfonamides is 1. The van der Waals surface area contributed by atoms with E-state index in [1.54, 1.807) is 12.1 Å². The first kappa shape index (κ1) is 15.6. The van der Waals surface area contributed by atoms with Crippen molar-refractivity contribution in [1.29, 1.82) is 0 Å². The number of phenols is 1. The molecule has 0 heterocycles. The summed E-state index contributed by atoms with van der Waals surface area (Å²) in [6, 6.07) is 9.42. The van der Waals surface area contributed by atoms with E-state index in [-0.39, 0.29) is 21.9 Å². The summed E-state index contributed by atoms with van der Waals surface area (Å²) in [7, 11) is -2.59. The van der Waals surface area contributed by atoms with E-state index < -0.39 is 21.7 Å². The van der Waals surface area contributed by atoms with Crippen LogP contribution in [0, 0.1) is 0 Å². The minimum atomic E-state index is -3.94. The molecular weight excluding hydrogens is 310 g/mol. The van der Waals surface area contributed by atoms with Crippen LogP contribution in [0.4, 0.5) is 5.69 Å². The number of carbonyl (C=O) groups is 1. The summed E-state index contributed by atoms with van der Waals surface area (Å²) in [6.45, 7) is 0. The van der Waals surface area contributed by atoms with Gasteiger partial charge in [-0.3, -0.25) is 4.72 Å². The number of methoxy groups -OCH3 is 1. The highest BCUT2D eigenvalue weighted by molar-refractivity contribution is 7.92. The zero-order valence-corrected chi connectivity index (χ0v) is 12.3. The maximum atomic E-state index is 12.3. The van der Waals surface area contributed by atoms with Crippen molar-refractivity contribution in [2.45, 2.75) is 4.90 Å². The van der Waals surface area contributed by atoms with Crippen LogP contribution in [-0.2, 0) is 10.0 Å². The van der Waals surface area contributed by atoms with Crippen LogP contribution in [0.5, 0.6) is 11.5 Å². The van der Waals surface area contributed by atoms with Gasteiger partial charge in [-0.1, -0.05) is 12.1 Å². The molecule has 2 aromatic carbocycles. The molecule has 0 aliphatic carbocycles. The van der Waals surface area contributed by atoms with Crippen molar-refractivity contribution in [3.05, 3.63) is 48.0 Å². The first-order valence-corrected chi connectivity index (χ1v) is 7.55. The average Bonchev–Trinajstić information content (AvgIpc) is 2.46. The summed E-state index contributed by atoms with van der Waals surface area (Å²) in [4.78, 5) is 10.7. The fourth-order valence-corrected chi connectivity index (χ4v) is 3.05. The van der Waals surface area contributed by atoms with Crippen LogP contribution in [0.15, 0.2) is 47.4 Å². The molecule has 0 saturated carbocycles. The van der Waals surface area contributed by atoms with Crippen LogP contribution < -0.4 is 9.46 Å². The van der Waals surface area contributed by atoms with E-state index in [1.807, 2.05) is 0 Å². The molecule has 7 nitrogen and oxygen atoms in total. The van der Waals surface area contributed by atoms with Gasteiger partial charge in [0.1, 0.15) is 22.0 Å². The zero-order chi connectivity index (χ0) is 16.3. The standard InChI is InChI=1S/C14H13NO6S/c1-21-12-4-2-3-5-13(12)22(19,20)15-9-6-7-10(14(17)18)11(16)8-9/h2-8,15-16H,1H3,(H,17,18). The zero-order valence-electron chi connectivity index (χ0n) is 11.5. The fourth-order valence-electron chi connectivity index (χ4n) is 1.83. The van der Waals surface area contributed by atoms with Crippen LogP contribution in [0.25, 0.3) is 0 Å². The Morgan fingerprint density at radius 3 is 2.45 bits per heavy atom. The number of ether oxygens (including phenoxy) is 1. The van der Waals surface area contributed by atoms with Gasteiger partial charge >= 0.3 is 5.97 Å². The van der Waals surface area contributed by atoms with Gasteiger partial charge in [-0.2, -0.15) is 0 Å². The lowest BCUT2D eigenvalue weighted by atomic mass is 10.2. The third kappa shape index (κ3) is 3.12. The Hall–Kier alpha value is -2.74. The molecule has 22 heavy (non-hydrogen) atoms. The third-order valence-electron chi connectivity index (χ3n) is 2.84. The van der Waals surface area contributed by atoms with Crippen molar-refractivity contribution in [3.63, 3.8) is 0 Å². The Morgan fingerprint density at radius 1 is 1.18 bits per heavy atom. The number of hydrogen-bond donors (Lipinski definition) is 3. The van der Waals surface area contributed by atoms with Gasteiger partial charge in [-0.15, -0.1) is 0 Å². The molecule has 0 amide bonds. The lowest BCUT2D eigenvalue weighted by Gasteiger charge is -2.12. The molecule has 0 unspecified atom stereocenters. The number of benzene rings is 2. The van der Waals surface area contributed by atoms with Crippen molar-refractivity contribution in [2.75, 3.05) is 11.8 Å². The molecule has 2 rings (SSSR count). The Morgan fingerprint density at radius 2 is 1.86 bits per heavy atom. The van der Waals surface area contributed by atoms with Gasteiger partial charge in [0, 0.05) is 6.07 Å². The van der Waals surface area contributed by atoms with E-state index in [2.05, 4.69) is 4.72 Å². The molecule has 116 valence electrons. The second-order valence-corrected chi connectivity index (χ2v) is 5.94. The van der Waals surface area contributed by atoms with Crippen LogP contribution in [0.1, 0.15) is 10.4 Å². The van der Waals surface area contributed by atoms with E-state index in [0.29, 0.717) is 0 Å². The molecule has 2 aromatic rings. The first-order valence-electron chi connectivity index (χ1n) is 6.07. The molecule has 0 saturated heterocycles. The lowest BCUT2D eigenvalue weighted by molar-refractivity contribution is 0.0694. The Labute approximate surface area is 126 Å². The molecule has 0 bridgehead atoms. The first-order chi connectivity index (χ1) is 10.3. The highest BCUT2D eigenvalue weighted by Crippen LogP contribution is 2.27. The number of anilines is 1. The molecule has 0 fully saturated rings. The van der Waals surface area contributed by atoms with Gasteiger partial charge in [0.25, 0.3) is 10.0 Å². The Bertz CT molecular complexity index is 816. The predicted molar refractivity (Wildman–Crippen MR) is 78.9 cm³/mol. The normalized spacial score (nSPS) is 11.0. The van der Waals surface area contributed by atoms with Gasteiger partial charge in [0.2, 0.25) is 0 Å². The number of para-hydroxylation sites is 1. The van der Waals surface area contributed by atoms with Gasteiger partial charge in [-0.25, -0.2) is 13.2 Å². The second kappa shape index (κ2) is 5.94. The fraction of sp³-hybridized carbons (Fsp3) is 0.0714. The molecule has 8 heteroatoms. The molecule has 0 aromatic heterocycles.